The molecule has 0 amide bonds. The number of rotatable bonds is 6. The Kier molecular flexibility index (Phi) is 7.11. The zero-order valence-corrected chi connectivity index (χ0v) is 9.38. The van der Waals surface area contributed by atoms with Crippen molar-refractivity contribution in [2.24, 2.45) is 5.73 Å². The number of hydrogen-bond acceptors (Lipinski definition) is 3. The van der Waals surface area contributed by atoms with Gasteiger partial charge in [-0.05, 0) is 19.8 Å². The van der Waals surface area contributed by atoms with Crippen LogP contribution in [0.4, 0.5) is 0 Å². The zero-order valence-electron chi connectivity index (χ0n) is 9.38. The van der Waals surface area contributed by atoms with Crippen molar-refractivity contribution in [1.82, 2.24) is 0 Å². The number of esters is 1. The Balaban J connectivity index is 4.26. The average molecular weight is 199 g/mol. The lowest BCUT2D eigenvalue weighted by molar-refractivity contribution is -0.139. The van der Waals surface area contributed by atoms with Crippen LogP contribution < -0.4 is 5.73 Å². The van der Waals surface area contributed by atoms with E-state index in [0.29, 0.717) is 12.2 Å². The van der Waals surface area contributed by atoms with Gasteiger partial charge in [0, 0.05) is 11.6 Å². The molecule has 14 heavy (non-hydrogen) atoms. The van der Waals surface area contributed by atoms with Gasteiger partial charge in [-0.3, -0.25) is 0 Å². The van der Waals surface area contributed by atoms with E-state index in [1.165, 1.54) is 0 Å². The first-order valence-electron chi connectivity index (χ1n) is 5.26. The fourth-order valence-corrected chi connectivity index (χ4v) is 1.03. The first-order valence-corrected chi connectivity index (χ1v) is 5.26. The summed E-state index contributed by atoms with van der Waals surface area (Å²) in [7, 11) is 0. The molecule has 1 unspecified atom stereocenters. The Bertz CT molecular complexity index is 197. The highest BCUT2D eigenvalue weighted by molar-refractivity contribution is 5.89. The summed E-state index contributed by atoms with van der Waals surface area (Å²) in [4.78, 5) is 11.5. The highest BCUT2D eigenvalue weighted by Gasteiger charge is 2.14. The Morgan fingerprint density at radius 1 is 1.43 bits per heavy atom. The van der Waals surface area contributed by atoms with Gasteiger partial charge >= 0.3 is 5.97 Å². The van der Waals surface area contributed by atoms with E-state index < -0.39 is 0 Å². The maximum atomic E-state index is 11.5. The van der Waals surface area contributed by atoms with Crippen LogP contribution in [0.1, 0.15) is 40.0 Å². The predicted octanol–water partition coefficient (Wildman–Crippen LogP) is 2.01. The van der Waals surface area contributed by atoms with Crippen LogP contribution in [0.2, 0.25) is 0 Å². The summed E-state index contributed by atoms with van der Waals surface area (Å²) < 4.78 is 5.02. The molecule has 0 aliphatic heterocycles. The summed E-state index contributed by atoms with van der Waals surface area (Å²) in [6, 6.07) is -0.245. The number of nitrogens with two attached hydrogens (primary N) is 1. The van der Waals surface area contributed by atoms with E-state index in [-0.39, 0.29) is 12.0 Å². The molecule has 0 aromatic carbocycles. The third-order valence-electron chi connectivity index (χ3n) is 1.82. The quantitative estimate of drug-likeness (QED) is 0.526. The number of ether oxygens (including phenoxy) is 1. The van der Waals surface area contributed by atoms with Crippen molar-refractivity contribution < 1.29 is 9.53 Å². The van der Waals surface area contributed by atoms with Crippen LogP contribution in [-0.2, 0) is 9.53 Å². The molecule has 0 aromatic heterocycles. The molecule has 0 spiro atoms. The Hall–Kier alpha value is -0.830. The predicted molar refractivity (Wildman–Crippen MR) is 57.9 cm³/mol. The Morgan fingerprint density at radius 2 is 2.07 bits per heavy atom. The molecule has 2 N–H and O–H groups in total. The van der Waals surface area contributed by atoms with Crippen molar-refractivity contribution in [3.8, 4) is 0 Å². The number of allylic oxidation sites excluding steroid dienone is 1. The van der Waals surface area contributed by atoms with Gasteiger partial charge < -0.3 is 10.5 Å². The van der Waals surface area contributed by atoms with Gasteiger partial charge in [0.1, 0.15) is 0 Å². The van der Waals surface area contributed by atoms with Gasteiger partial charge in [-0.25, -0.2) is 4.79 Å². The van der Waals surface area contributed by atoms with Crippen molar-refractivity contribution in [2.45, 2.75) is 46.1 Å². The third kappa shape index (κ3) is 5.02. The normalized spacial score (nSPS) is 13.9. The third-order valence-corrected chi connectivity index (χ3v) is 1.82. The first kappa shape index (κ1) is 13.2. The zero-order chi connectivity index (χ0) is 11.0. The molecule has 0 rings (SSSR count). The average Bonchev–Trinajstić information content (AvgIpc) is 2.14. The van der Waals surface area contributed by atoms with Crippen molar-refractivity contribution in [1.29, 1.82) is 0 Å². The molecule has 3 nitrogen and oxygen atoms in total. The van der Waals surface area contributed by atoms with Crippen LogP contribution in [0, 0.1) is 0 Å². The van der Waals surface area contributed by atoms with E-state index in [1.807, 2.05) is 13.0 Å². The minimum Gasteiger partial charge on any atom is -0.462 e. The highest BCUT2D eigenvalue weighted by atomic mass is 16.5. The molecular formula is C11H21NO2. The molecule has 0 aliphatic carbocycles. The summed E-state index contributed by atoms with van der Waals surface area (Å²) in [5.41, 5.74) is 6.28. The van der Waals surface area contributed by atoms with Gasteiger partial charge in [-0.2, -0.15) is 0 Å². The second kappa shape index (κ2) is 7.56. The summed E-state index contributed by atoms with van der Waals surface area (Å²) >= 11 is 0. The second-order valence-corrected chi connectivity index (χ2v) is 3.37. The maximum Gasteiger partial charge on any atom is 0.335 e. The maximum absolute atomic E-state index is 11.5. The monoisotopic (exact) mass is 199 g/mol. The van der Waals surface area contributed by atoms with E-state index in [2.05, 4.69) is 6.92 Å². The molecular weight excluding hydrogens is 178 g/mol. The fourth-order valence-electron chi connectivity index (χ4n) is 1.03. The molecule has 0 heterocycles. The Labute approximate surface area is 86.3 Å². The minimum atomic E-state index is -0.268. The van der Waals surface area contributed by atoms with Gasteiger partial charge in [0.25, 0.3) is 0 Å². The molecule has 1 atom stereocenters. The van der Waals surface area contributed by atoms with Crippen molar-refractivity contribution in [3.63, 3.8) is 0 Å². The largest absolute Gasteiger partial charge is 0.462 e. The van der Waals surface area contributed by atoms with Crippen molar-refractivity contribution in [2.75, 3.05) is 6.61 Å². The van der Waals surface area contributed by atoms with E-state index >= 15 is 0 Å². The SMILES string of the molecule is CCCC=C(C(=O)OCCC)C(C)N. The molecule has 0 radical (unpaired) electrons. The van der Waals surface area contributed by atoms with Crippen LogP contribution in [0.25, 0.3) is 0 Å². The van der Waals surface area contributed by atoms with Gasteiger partial charge in [-0.1, -0.05) is 26.3 Å². The van der Waals surface area contributed by atoms with Crippen molar-refractivity contribution >= 4 is 5.97 Å². The van der Waals surface area contributed by atoms with Crippen molar-refractivity contribution in [3.05, 3.63) is 11.6 Å². The van der Waals surface area contributed by atoms with E-state index in [1.54, 1.807) is 6.92 Å². The second-order valence-electron chi connectivity index (χ2n) is 3.37. The summed E-state index contributed by atoms with van der Waals surface area (Å²) in [5.74, 6) is -0.268. The molecule has 0 saturated carbocycles. The van der Waals surface area contributed by atoms with Crippen LogP contribution >= 0.6 is 0 Å². The minimum absolute atomic E-state index is 0.245. The molecule has 0 aromatic rings. The smallest absolute Gasteiger partial charge is 0.335 e. The lowest BCUT2D eigenvalue weighted by Crippen LogP contribution is -2.25. The van der Waals surface area contributed by atoms with Crippen LogP contribution in [0.5, 0.6) is 0 Å². The lowest BCUT2D eigenvalue weighted by Gasteiger charge is -2.10. The summed E-state index contributed by atoms with van der Waals surface area (Å²) in [6.45, 7) is 6.30. The summed E-state index contributed by atoms with van der Waals surface area (Å²) in [6.07, 6.45) is 4.60. The molecule has 0 aliphatic rings. The van der Waals surface area contributed by atoms with Gasteiger partial charge in [-0.15, -0.1) is 0 Å². The Morgan fingerprint density at radius 3 is 2.50 bits per heavy atom. The lowest BCUT2D eigenvalue weighted by atomic mass is 10.1. The van der Waals surface area contributed by atoms with Crippen LogP contribution in [0.15, 0.2) is 11.6 Å². The topological polar surface area (TPSA) is 52.3 Å². The number of carbonyl (C=O) groups excluding carboxylic acids is 1. The molecule has 0 fully saturated rings. The fraction of sp³-hybridized carbons (Fsp3) is 0.727. The number of unbranched alkanes of at least 4 members (excludes halogenated alkanes) is 1. The summed E-state index contributed by atoms with van der Waals surface area (Å²) in [5, 5.41) is 0. The van der Waals surface area contributed by atoms with Crippen LogP contribution in [-0.4, -0.2) is 18.6 Å². The molecule has 82 valence electrons. The van der Waals surface area contributed by atoms with E-state index in [9.17, 15) is 4.79 Å². The van der Waals surface area contributed by atoms with Gasteiger partial charge in [0.05, 0.1) is 6.61 Å². The van der Waals surface area contributed by atoms with Crippen LogP contribution in [0.3, 0.4) is 0 Å². The number of hydrogen-bond donors (Lipinski definition) is 1. The van der Waals surface area contributed by atoms with Gasteiger partial charge in [0.15, 0.2) is 0 Å². The standard InChI is InChI=1S/C11H21NO2/c1-4-6-7-10(9(3)12)11(13)14-8-5-2/h7,9H,4-6,8,12H2,1-3H3. The number of carbonyl (C=O) groups is 1. The van der Waals surface area contributed by atoms with E-state index in [0.717, 1.165) is 19.3 Å². The molecule has 0 saturated heterocycles. The first-order chi connectivity index (χ1) is 6.63. The van der Waals surface area contributed by atoms with E-state index in [4.69, 9.17) is 10.5 Å². The molecule has 0 bridgehead atoms. The van der Waals surface area contributed by atoms with Gasteiger partial charge in [0.2, 0.25) is 0 Å². The highest BCUT2D eigenvalue weighted by Crippen LogP contribution is 2.06. The molecule has 3 heteroatoms.